The standard InChI is InChI=1S/C6H11ClN2O2/c1-4(7)6(11)9-3-5(10)8-2/h4H,3H2,1-2H3,(H,8,10)(H,9,11). The van der Waals surface area contributed by atoms with E-state index < -0.39 is 5.38 Å². The number of hydrogen-bond acceptors (Lipinski definition) is 2. The van der Waals surface area contributed by atoms with E-state index in [1.165, 1.54) is 7.05 Å². The Kier molecular flexibility index (Phi) is 4.61. The molecule has 0 aliphatic heterocycles. The molecule has 0 saturated heterocycles. The number of carbonyl (C=O) groups is 2. The Bertz CT molecular complexity index is 159. The molecule has 64 valence electrons. The lowest BCUT2D eigenvalue weighted by atomic mass is 10.4. The molecular formula is C6H11ClN2O2. The van der Waals surface area contributed by atoms with Gasteiger partial charge < -0.3 is 10.6 Å². The molecule has 2 amide bonds. The van der Waals surface area contributed by atoms with Crippen LogP contribution in [0, 0.1) is 0 Å². The highest BCUT2D eigenvalue weighted by Gasteiger charge is 2.08. The lowest BCUT2D eigenvalue weighted by molar-refractivity contribution is -0.125. The third-order valence-corrected chi connectivity index (χ3v) is 1.26. The summed E-state index contributed by atoms with van der Waals surface area (Å²) in [5, 5.41) is 4.11. The number of likely N-dealkylation sites (N-methyl/N-ethyl adjacent to an activating group) is 1. The molecule has 11 heavy (non-hydrogen) atoms. The Balaban J connectivity index is 3.54. The fraction of sp³-hybridized carbons (Fsp3) is 0.667. The van der Waals surface area contributed by atoms with E-state index in [1.807, 2.05) is 0 Å². The van der Waals surface area contributed by atoms with E-state index in [9.17, 15) is 9.59 Å². The fourth-order valence-corrected chi connectivity index (χ4v) is 0.474. The van der Waals surface area contributed by atoms with Gasteiger partial charge in [0.2, 0.25) is 11.8 Å². The molecule has 0 heterocycles. The van der Waals surface area contributed by atoms with Gasteiger partial charge in [-0.25, -0.2) is 0 Å². The minimum absolute atomic E-state index is 0.0214. The van der Waals surface area contributed by atoms with Gasteiger partial charge in [-0.15, -0.1) is 11.6 Å². The molecule has 0 rings (SSSR count). The number of rotatable bonds is 3. The van der Waals surface area contributed by atoms with Crippen molar-refractivity contribution in [3.8, 4) is 0 Å². The highest BCUT2D eigenvalue weighted by atomic mass is 35.5. The first-order valence-corrected chi connectivity index (χ1v) is 3.64. The van der Waals surface area contributed by atoms with Gasteiger partial charge in [0.05, 0.1) is 6.54 Å². The summed E-state index contributed by atoms with van der Waals surface area (Å²) in [6.45, 7) is 1.52. The van der Waals surface area contributed by atoms with Crippen LogP contribution in [0.1, 0.15) is 6.92 Å². The lowest BCUT2D eigenvalue weighted by Crippen LogP contribution is -2.38. The van der Waals surface area contributed by atoms with Crippen molar-refractivity contribution in [2.24, 2.45) is 0 Å². The Morgan fingerprint density at radius 2 is 2.09 bits per heavy atom. The van der Waals surface area contributed by atoms with Gasteiger partial charge in [0.1, 0.15) is 5.38 Å². The second kappa shape index (κ2) is 4.96. The predicted octanol–water partition coefficient (Wildman–Crippen LogP) is -0.524. The monoisotopic (exact) mass is 178 g/mol. The van der Waals surface area contributed by atoms with Crippen LogP contribution < -0.4 is 10.6 Å². The largest absolute Gasteiger partial charge is 0.358 e. The van der Waals surface area contributed by atoms with Crippen molar-refractivity contribution in [1.82, 2.24) is 10.6 Å². The van der Waals surface area contributed by atoms with E-state index >= 15 is 0 Å². The molecule has 4 nitrogen and oxygen atoms in total. The van der Waals surface area contributed by atoms with Crippen molar-refractivity contribution < 1.29 is 9.59 Å². The van der Waals surface area contributed by atoms with Crippen LogP contribution >= 0.6 is 11.6 Å². The van der Waals surface area contributed by atoms with Crippen molar-refractivity contribution in [3.05, 3.63) is 0 Å². The molecule has 0 fully saturated rings. The van der Waals surface area contributed by atoms with Crippen molar-refractivity contribution in [2.45, 2.75) is 12.3 Å². The molecule has 1 unspecified atom stereocenters. The van der Waals surface area contributed by atoms with Crippen LogP contribution in [0.25, 0.3) is 0 Å². The molecule has 0 radical (unpaired) electrons. The Labute approximate surface area is 70.3 Å². The minimum atomic E-state index is -0.598. The van der Waals surface area contributed by atoms with Gasteiger partial charge in [0, 0.05) is 7.05 Å². The summed E-state index contributed by atoms with van der Waals surface area (Å²) in [7, 11) is 1.50. The molecule has 5 heteroatoms. The van der Waals surface area contributed by atoms with Crippen LogP contribution in [0.15, 0.2) is 0 Å². The summed E-state index contributed by atoms with van der Waals surface area (Å²) >= 11 is 5.41. The van der Waals surface area contributed by atoms with E-state index in [2.05, 4.69) is 10.6 Å². The van der Waals surface area contributed by atoms with Crippen molar-refractivity contribution in [3.63, 3.8) is 0 Å². The number of hydrogen-bond donors (Lipinski definition) is 2. The van der Waals surface area contributed by atoms with Gasteiger partial charge in [0.15, 0.2) is 0 Å². The molecule has 0 aliphatic rings. The number of nitrogens with one attached hydrogen (secondary N) is 2. The SMILES string of the molecule is CNC(=O)CNC(=O)C(C)Cl. The van der Waals surface area contributed by atoms with E-state index in [4.69, 9.17) is 11.6 Å². The summed E-state index contributed by atoms with van der Waals surface area (Å²) in [6, 6.07) is 0. The Morgan fingerprint density at radius 3 is 2.45 bits per heavy atom. The van der Waals surface area contributed by atoms with Gasteiger partial charge in [-0.05, 0) is 6.92 Å². The highest BCUT2D eigenvalue weighted by Crippen LogP contribution is 1.90. The first kappa shape index (κ1) is 10.2. The molecule has 0 spiro atoms. The minimum Gasteiger partial charge on any atom is -0.358 e. The molecule has 0 saturated carbocycles. The molecule has 0 aromatic carbocycles. The van der Waals surface area contributed by atoms with Gasteiger partial charge in [0.25, 0.3) is 0 Å². The molecular weight excluding hydrogens is 168 g/mol. The smallest absolute Gasteiger partial charge is 0.239 e. The Hall–Kier alpha value is -0.770. The fourth-order valence-electron chi connectivity index (χ4n) is 0.396. The van der Waals surface area contributed by atoms with Crippen molar-refractivity contribution in [1.29, 1.82) is 0 Å². The first-order chi connectivity index (χ1) is 5.07. The van der Waals surface area contributed by atoms with Crippen LogP contribution in [0.5, 0.6) is 0 Å². The maximum atomic E-state index is 10.7. The summed E-state index contributed by atoms with van der Waals surface area (Å²) in [5.41, 5.74) is 0. The van der Waals surface area contributed by atoms with Crippen LogP contribution in [-0.2, 0) is 9.59 Å². The second-order valence-corrected chi connectivity index (χ2v) is 2.66. The predicted molar refractivity (Wildman–Crippen MR) is 42.4 cm³/mol. The zero-order valence-electron chi connectivity index (χ0n) is 6.48. The zero-order valence-corrected chi connectivity index (χ0v) is 7.23. The van der Waals surface area contributed by atoms with Crippen molar-refractivity contribution >= 4 is 23.4 Å². The number of alkyl halides is 1. The average Bonchev–Trinajstić information content (AvgIpc) is 1.99. The zero-order chi connectivity index (χ0) is 8.85. The van der Waals surface area contributed by atoms with Crippen LogP contribution in [-0.4, -0.2) is 30.8 Å². The van der Waals surface area contributed by atoms with Crippen LogP contribution in [0.3, 0.4) is 0 Å². The third-order valence-electron chi connectivity index (χ3n) is 1.06. The molecule has 0 bridgehead atoms. The van der Waals surface area contributed by atoms with Gasteiger partial charge in [-0.2, -0.15) is 0 Å². The summed E-state index contributed by atoms with van der Waals surface area (Å²) in [4.78, 5) is 21.3. The third kappa shape index (κ3) is 4.61. The highest BCUT2D eigenvalue weighted by molar-refractivity contribution is 6.30. The Morgan fingerprint density at radius 1 is 1.55 bits per heavy atom. The quantitative estimate of drug-likeness (QED) is 0.572. The molecule has 0 aromatic rings. The van der Waals surface area contributed by atoms with Gasteiger partial charge >= 0.3 is 0 Å². The summed E-state index contributed by atoms with van der Waals surface area (Å²) in [5.74, 6) is -0.578. The first-order valence-electron chi connectivity index (χ1n) is 3.20. The van der Waals surface area contributed by atoms with E-state index in [1.54, 1.807) is 6.92 Å². The van der Waals surface area contributed by atoms with Gasteiger partial charge in [-0.1, -0.05) is 0 Å². The van der Waals surface area contributed by atoms with Gasteiger partial charge in [-0.3, -0.25) is 9.59 Å². The topological polar surface area (TPSA) is 58.2 Å². The maximum absolute atomic E-state index is 10.7. The average molecular weight is 179 g/mol. The summed E-state index contributed by atoms with van der Waals surface area (Å²) < 4.78 is 0. The number of carbonyl (C=O) groups excluding carboxylic acids is 2. The molecule has 2 N–H and O–H groups in total. The molecule has 1 atom stereocenters. The second-order valence-electron chi connectivity index (χ2n) is 2.01. The maximum Gasteiger partial charge on any atom is 0.239 e. The van der Waals surface area contributed by atoms with E-state index in [0.29, 0.717) is 0 Å². The van der Waals surface area contributed by atoms with Crippen LogP contribution in [0.4, 0.5) is 0 Å². The lowest BCUT2D eigenvalue weighted by Gasteiger charge is -2.04. The van der Waals surface area contributed by atoms with E-state index in [0.717, 1.165) is 0 Å². The molecule has 0 aromatic heterocycles. The normalized spacial score (nSPS) is 11.9. The summed E-state index contributed by atoms with van der Waals surface area (Å²) in [6.07, 6.45) is 0. The van der Waals surface area contributed by atoms with E-state index in [-0.39, 0.29) is 18.4 Å². The molecule has 0 aliphatic carbocycles. The number of halogens is 1. The van der Waals surface area contributed by atoms with Crippen molar-refractivity contribution in [2.75, 3.05) is 13.6 Å². The van der Waals surface area contributed by atoms with Crippen LogP contribution in [0.2, 0.25) is 0 Å². The number of amides is 2.